The van der Waals surface area contributed by atoms with Crippen molar-refractivity contribution in [2.45, 2.75) is 19.3 Å². The molecule has 0 amide bonds. The zero-order chi connectivity index (χ0) is 24.7. The van der Waals surface area contributed by atoms with Crippen molar-refractivity contribution in [3.63, 3.8) is 0 Å². The van der Waals surface area contributed by atoms with Crippen LogP contribution in [0.4, 0.5) is 0 Å². The second kappa shape index (κ2) is 9.07. The number of H-pyrrole nitrogens is 2. The van der Waals surface area contributed by atoms with E-state index < -0.39 is 11.5 Å². The van der Waals surface area contributed by atoms with Crippen LogP contribution in [0.15, 0.2) is 64.0 Å². The number of nitrogens with one attached hydrogen (secondary N) is 2. The third kappa shape index (κ3) is 4.12. The molecule has 0 aliphatic carbocycles. The minimum atomic E-state index is -0.624. The summed E-state index contributed by atoms with van der Waals surface area (Å²) in [7, 11) is 1.70. The van der Waals surface area contributed by atoms with Crippen LogP contribution in [0.25, 0.3) is 21.9 Å². The monoisotopic (exact) mass is 534 g/mol. The summed E-state index contributed by atoms with van der Waals surface area (Å²) < 4.78 is 7.61. The number of hydrogen-bond donors (Lipinski definition) is 3. The lowest BCUT2D eigenvalue weighted by Gasteiger charge is -2.20. The molecule has 9 heteroatoms. The van der Waals surface area contributed by atoms with Gasteiger partial charge < -0.3 is 19.8 Å². The summed E-state index contributed by atoms with van der Waals surface area (Å²) in [4.78, 5) is 31.3. The highest BCUT2D eigenvalue weighted by Crippen LogP contribution is 2.41. The highest BCUT2D eigenvalue weighted by atomic mass is 79.9. The van der Waals surface area contributed by atoms with E-state index in [1.54, 1.807) is 7.05 Å². The van der Waals surface area contributed by atoms with Crippen molar-refractivity contribution < 1.29 is 14.6 Å². The standard InChI is InChI=1S/C26H23BrN4O4/c1-14(32)35-11-10-18-17-8-3-4-9-20(17)29-23(18)21(15-6-5-7-16(27)12-15)22-24(33)19-13-28-31(2)25(19)30-26(22)34/h3-9,12-13,21,29H,10-11H2,1-2H3,(H2,30,33,34). The van der Waals surface area contributed by atoms with Gasteiger partial charge in [-0.15, -0.1) is 0 Å². The molecule has 178 valence electrons. The number of halogens is 1. The number of aryl methyl sites for hydroxylation is 1. The van der Waals surface area contributed by atoms with E-state index in [1.807, 2.05) is 48.5 Å². The van der Waals surface area contributed by atoms with E-state index in [2.05, 4.69) is 31.0 Å². The normalized spacial score (nSPS) is 12.3. The molecule has 0 bridgehead atoms. The van der Waals surface area contributed by atoms with Crippen LogP contribution in [0.1, 0.15) is 35.2 Å². The van der Waals surface area contributed by atoms with E-state index in [0.29, 0.717) is 17.5 Å². The van der Waals surface area contributed by atoms with Crippen molar-refractivity contribution in [1.82, 2.24) is 19.7 Å². The fourth-order valence-electron chi connectivity index (χ4n) is 4.65. The third-order valence-corrected chi connectivity index (χ3v) is 6.68. The number of esters is 1. The molecular formula is C26H23BrN4O4. The summed E-state index contributed by atoms with van der Waals surface area (Å²) in [6, 6.07) is 15.5. The van der Waals surface area contributed by atoms with E-state index >= 15 is 0 Å². The van der Waals surface area contributed by atoms with Gasteiger partial charge in [0.1, 0.15) is 11.4 Å². The van der Waals surface area contributed by atoms with E-state index in [1.165, 1.54) is 17.8 Å². The minimum Gasteiger partial charge on any atom is -0.507 e. The minimum absolute atomic E-state index is 0.119. The molecule has 5 aromatic rings. The van der Waals surface area contributed by atoms with Gasteiger partial charge in [0.05, 0.1) is 29.7 Å². The van der Waals surface area contributed by atoms with E-state index in [9.17, 15) is 14.7 Å². The molecule has 0 fully saturated rings. The molecule has 0 radical (unpaired) electrons. The summed E-state index contributed by atoms with van der Waals surface area (Å²) in [6.45, 7) is 1.57. The first kappa shape index (κ1) is 22.9. The lowest BCUT2D eigenvalue weighted by atomic mass is 9.85. The molecule has 0 saturated carbocycles. The van der Waals surface area contributed by atoms with Crippen LogP contribution in [0, 0.1) is 0 Å². The largest absolute Gasteiger partial charge is 0.507 e. The fraction of sp³-hybridized carbons (Fsp3) is 0.192. The summed E-state index contributed by atoms with van der Waals surface area (Å²) in [6.07, 6.45) is 1.98. The number of benzene rings is 2. The average molecular weight is 535 g/mol. The van der Waals surface area contributed by atoms with Gasteiger partial charge in [0.25, 0.3) is 5.56 Å². The van der Waals surface area contributed by atoms with Crippen molar-refractivity contribution in [3.8, 4) is 5.75 Å². The molecule has 35 heavy (non-hydrogen) atoms. The number of hydrogen-bond acceptors (Lipinski definition) is 5. The van der Waals surface area contributed by atoms with Gasteiger partial charge in [-0.25, -0.2) is 0 Å². The average Bonchev–Trinajstić information content (AvgIpc) is 3.37. The lowest BCUT2D eigenvalue weighted by Crippen LogP contribution is -2.20. The van der Waals surface area contributed by atoms with Gasteiger partial charge >= 0.3 is 5.97 Å². The number of ether oxygens (including phenoxy) is 1. The SMILES string of the molecule is CC(=O)OCCc1c(C(c2cccc(Br)c2)c2c(O)c3cnn(C)c3[nH]c2=O)[nH]c2ccccc12. The Bertz CT molecular complexity index is 1630. The Kier molecular flexibility index (Phi) is 5.94. The first-order valence-corrected chi connectivity index (χ1v) is 11.9. The van der Waals surface area contributed by atoms with Crippen LogP contribution in [0.5, 0.6) is 5.75 Å². The van der Waals surface area contributed by atoms with E-state index in [0.717, 1.165) is 32.2 Å². The molecule has 1 atom stereocenters. The van der Waals surface area contributed by atoms with Crippen molar-refractivity contribution in [3.05, 3.63) is 91.9 Å². The van der Waals surface area contributed by atoms with Gasteiger partial charge in [0.15, 0.2) is 0 Å². The van der Waals surface area contributed by atoms with Crippen LogP contribution < -0.4 is 5.56 Å². The topological polar surface area (TPSA) is 113 Å². The van der Waals surface area contributed by atoms with Crippen LogP contribution in [-0.2, 0) is 23.0 Å². The van der Waals surface area contributed by atoms with Crippen molar-refractivity contribution in [2.24, 2.45) is 7.05 Å². The summed E-state index contributed by atoms with van der Waals surface area (Å²) in [5.74, 6) is -1.10. The molecule has 8 nitrogen and oxygen atoms in total. The molecule has 5 rings (SSSR count). The maximum atomic E-state index is 13.5. The summed E-state index contributed by atoms with van der Waals surface area (Å²) >= 11 is 3.54. The molecule has 3 aromatic heterocycles. The zero-order valence-electron chi connectivity index (χ0n) is 19.1. The van der Waals surface area contributed by atoms with Gasteiger partial charge in [-0.3, -0.25) is 14.3 Å². The smallest absolute Gasteiger partial charge is 0.302 e. The Morgan fingerprint density at radius 3 is 2.74 bits per heavy atom. The Morgan fingerprint density at radius 1 is 1.17 bits per heavy atom. The van der Waals surface area contributed by atoms with Gasteiger partial charge in [-0.1, -0.05) is 46.3 Å². The van der Waals surface area contributed by atoms with E-state index in [4.69, 9.17) is 4.74 Å². The number of pyridine rings is 1. The summed E-state index contributed by atoms with van der Waals surface area (Å²) in [5, 5.41) is 17.0. The van der Waals surface area contributed by atoms with Gasteiger partial charge in [0.2, 0.25) is 0 Å². The highest BCUT2D eigenvalue weighted by Gasteiger charge is 2.30. The number of nitrogens with zero attached hydrogens (tertiary/aromatic N) is 2. The first-order valence-electron chi connectivity index (χ1n) is 11.1. The van der Waals surface area contributed by atoms with Crippen molar-refractivity contribution in [1.29, 1.82) is 0 Å². The predicted molar refractivity (Wildman–Crippen MR) is 137 cm³/mol. The Morgan fingerprint density at radius 2 is 1.97 bits per heavy atom. The van der Waals surface area contributed by atoms with Gasteiger partial charge in [-0.05, 0) is 29.3 Å². The Balaban J connectivity index is 1.80. The van der Waals surface area contributed by atoms with E-state index in [-0.39, 0.29) is 23.9 Å². The van der Waals surface area contributed by atoms with Crippen LogP contribution in [0.3, 0.4) is 0 Å². The number of para-hydroxylation sites is 1. The van der Waals surface area contributed by atoms with Gasteiger partial charge in [0, 0.05) is 41.5 Å². The fourth-order valence-corrected chi connectivity index (χ4v) is 5.07. The highest BCUT2D eigenvalue weighted by molar-refractivity contribution is 9.10. The lowest BCUT2D eigenvalue weighted by molar-refractivity contribution is -0.140. The number of aromatic amines is 2. The van der Waals surface area contributed by atoms with Crippen molar-refractivity contribution >= 4 is 43.8 Å². The predicted octanol–water partition coefficient (Wildman–Crippen LogP) is 4.50. The molecular weight excluding hydrogens is 512 g/mol. The number of carbonyl (C=O) groups is 1. The quantitative estimate of drug-likeness (QED) is 0.277. The number of rotatable bonds is 6. The summed E-state index contributed by atoms with van der Waals surface area (Å²) in [5.41, 5.74) is 3.60. The van der Waals surface area contributed by atoms with Crippen LogP contribution >= 0.6 is 15.9 Å². The molecule has 0 aliphatic heterocycles. The van der Waals surface area contributed by atoms with Gasteiger partial charge in [-0.2, -0.15) is 5.10 Å². The number of aromatic hydroxyl groups is 1. The zero-order valence-corrected chi connectivity index (χ0v) is 20.7. The number of carbonyl (C=O) groups excluding carboxylic acids is 1. The molecule has 2 aromatic carbocycles. The maximum absolute atomic E-state index is 13.5. The molecule has 3 heterocycles. The number of aromatic nitrogens is 4. The van der Waals surface area contributed by atoms with Crippen molar-refractivity contribution in [2.75, 3.05) is 6.61 Å². The Hall–Kier alpha value is -3.85. The maximum Gasteiger partial charge on any atom is 0.302 e. The first-order chi connectivity index (χ1) is 16.8. The van der Waals surface area contributed by atoms with Crippen LogP contribution in [-0.4, -0.2) is 37.4 Å². The second-order valence-corrected chi connectivity index (χ2v) is 9.30. The molecule has 3 N–H and O–H groups in total. The third-order valence-electron chi connectivity index (χ3n) is 6.19. The molecule has 1 unspecified atom stereocenters. The van der Waals surface area contributed by atoms with Crippen LogP contribution in [0.2, 0.25) is 0 Å². The Labute approximate surface area is 208 Å². The second-order valence-electron chi connectivity index (χ2n) is 8.39. The number of fused-ring (bicyclic) bond motifs is 2. The molecule has 0 spiro atoms. The molecule has 0 saturated heterocycles. The molecule has 0 aliphatic rings.